The Hall–Kier alpha value is -4.93. The van der Waals surface area contributed by atoms with Crippen molar-refractivity contribution in [1.82, 2.24) is 30.7 Å². The first-order valence-corrected chi connectivity index (χ1v) is 12.1. The fourth-order valence-electron chi connectivity index (χ4n) is 4.46. The Morgan fingerprint density at radius 2 is 1.87 bits per heavy atom. The highest BCUT2D eigenvalue weighted by Crippen LogP contribution is 2.36. The second-order valence-corrected chi connectivity index (χ2v) is 9.23. The number of hydrogen-bond acceptors (Lipinski definition) is 8. The number of carbonyl (C=O) groups excluding carboxylic acids is 2. The van der Waals surface area contributed by atoms with E-state index < -0.39 is 11.4 Å². The maximum atomic E-state index is 12.9. The zero-order chi connectivity index (χ0) is 26.3. The number of nitrogens with one attached hydrogen (secondary N) is 2. The van der Waals surface area contributed by atoms with Crippen molar-refractivity contribution in [3.63, 3.8) is 0 Å². The van der Waals surface area contributed by atoms with E-state index in [4.69, 9.17) is 13.8 Å². The van der Waals surface area contributed by atoms with Crippen LogP contribution in [0.25, 0.3) is 28.0 Å². The molecule has 6 rings (SSSR count). The van der Waals surface area contributed by atoms with Crippen molar-refractivity contribution >= 4 is 22.7 Å². The lowest BCUT2D eigenvalue weighted by atomic mass is 10.1. The zero-order valence-corrected chi connectivity index (χ0v) is 20.7. The Labute approximate surface area is 216 Å². The van der Waals surface area contributed by atoms with Crippen LogP contribution in [0.1, 0.15) is 34.7 Å². The number of benzene rings is 2. The Balaban J connectivity index is 1.17. The summed E-state index contributed by atoms with van der Waals surface area (Å²) in [6.45, 7) is 2.17. The summed E-state index contributed by atoms with van der Waals surface area (Å²) in [5.41, 5.74) is 3.48. The normalized spacial score (nSPS) is 13.8. The monoisotopic (exact) mass is 512 g/mol. The highest BCUT2D eigenvalue weighted by atomic mass is 16.5. The minimum Gasteiger partial charge on any atom is -0.479 e. The molecule has 11 heteroatoms. The van der Waals surface area contributed by atoms with Gasteiger partial charge in [-0.1, -0.05) is 30.3 Å². The standard InChI is InChI=1S/C27H24N6O5/c1-16-24(38-32-30-16)21-13-18-5-3-4-6-20(18)33(21)19-9-7-17(8-10-19)15-28-26(35)27(11-12-27)29-25(34)22-14-23(36-2)31-37-22/h3-10,13-14H,11-12,15H2,1-2H3,(H,28,35)(H,29,34). The molecule has 0 bridgehead atoms. The lowest BCUT2D eigenvalue weighted by Gasteiger charge is -2.16. The summed E-state index contributed by atoms with van der Waals surface area (Å²) in [4.78, 5) is 25.4. The van der Waals surface area contributed by atoms with Crippen LogP contribution in [-0.4, -0.2) is 44.6 Å². The van der Waals surface area contributed by atoms with Gasteiger partial charge in [0.05, 0.1) is 24.4 Å². The minimum atomic E-state index is -0.945. The van der Waals surface area contributed by atoms with Gasteiger partial charge in [0.2, 0.25) is 17.4 Å². The molecule has 5 aromatic rings. The van der Waals surface area contributed by atoms with Crippen LogP contribution in [0.4, 0.5) is 0 Å². The number of ether oxygens (including phenoxy) is 1. The number of aryl methyl sites for hydroxylation is 1. The van der Waals surface area contributed by atoms with Crippen LogP contribution < -0.4 is 15.4 Å². The Morgan fingerprint density at radius 3 is 2.55 bits per heavy atom. The summed E-state index contributed by atoms with van der Waals surface area (Å²) in [5, 5.41) is 18.1. The van der Waals surface area contributed by atoms with Crippen LogP contribution in [0.2, 0.25) is 0 Å². The zero-order valence-electron chi connectivity index (χ0n) is 20.7. The van der Waals surface area contributed by atoms with Gasteiger partial charge in [0.15, 0.2) is 0 Å². The average molecular weight is 513 g/mol. The largest absolute Gasteiger partial charge is 0.479 e. The first kappa shape index (κ1) is 23.5. The highest BCUT2D eigenvalue weighted by molar-refractivity contribution is 5.99. The summed E-state index contributed by atoms with van der Waals surface area (Å²) in [5.74, 6) is 0.0431. The molecule has 1 aliphatic rings. The number of rotatable bonds is 8. The molecule has 3 heterocycles. The average Bonchev–Trinajstić information content (AvgIpc) is 3.26. The third-order valence-electron chi connectivity index (χ3n) is 6.70. The maximum absolute atomic E-state index is 12.9. The molecule has 0 spiro atoms. The van der Waals surface area contributed by atoms with E-state index in [1.54, 1.807) is 0 Å². The van der Waals surface area contributed by atoms with Crippen LogP contribution in [0.5, 0.6) is 5.88 Å². The predicted molar refractivity (Wildman–Crippen MR) is 136 cm³/mol. The van der Waals surface area contributed by atoms with E-state index >= 15 is 0 Å². The number of carbonyl (C=O) groups is 2. The van der Waals surface area contributed by atoms with Crippen LogP contribution >= 0.6 is 0 Å². The number of amides is 2. The van der Waals surface area contributed by atoms with Gasteiger partial charge in [0, 0.05) is 22.9 Å². The molecule has 0 aliphatic heterocycles. The molecule has 0 saturated heterocycles. The van der Waals surface area contributed by atoms with Gasteiger partial charge in [0.25, 0.3) is 11.8 Å². The lowest BCUT2D eigenvalue weighted by Crippen LogP contribution is -2.48. The predicted octanol–water partition coefficient (Wildman–Crippen LogP) is 3.56. The number of methoxy groups -OCH3 is 1. The fourth-order valence-corrected chi connectivity index (χ4v) is 4.46. The van der Waals surface area contributed by atoms with Gasteiger partial charge in [-0.25, -0.2) is 0 Å². The van der Waals surface area contributed by atoms with Gasteiger partial charge in [-0.3, -0.25) is 9.59 Å². The number of hydrogen-bond donors (Lipinski definition) is 2. The lowest BCUT2D eigenvalue weighted by molar-refractivity contribution is -0.124. The Morgan fingerprint density at radius 1 is 1.08 bits per heavy atom. The quantitative estimate of drug-likeness (QED) is 0.322. The van der Waals surface area contributed by atoms with Gasteiger partial charge in [-0.05, 0) is 54.8 Å². The number of para-hydroxylation sites is 1. The third-order valence-corrected chi connectivity index (χ3v) is 6.70. The number of fused-ring (bicyclic) bond motifs is 1. The Kier molecular flexibility index (Phi) is 5.67. The summed E-state index contributed by atoms with van der Waals surface area (Å²) in [6, 6.07) is 19.4. The van der Waals surface area contributed by atoms with Crippen molar-refractivity contribution in [2.75, 3.05) is 7.11 Å². The molecule has 2 amide bonds. The van der Waals surface area contributed by atoms with Gasteiger partial charge >= 0.3 is 0 Å². The molecule has 0 radical (unpaired) electrons. The fraction of sp³-hybridized carbons (Fsp3) is 0.222. The topological polar surface area (TPSA) is 137 Å². The van der Waals surface area contributed by atoms with E-state index in [1.165, 1.54) is 13.2 Å². The summed E-state index contributed by atoms with van der Waals surface area (Å²) in [6.07, 6.45) is 1.10. The summed E-state index contributed by atoms with van der Waals surface area (Å²) >= 11 is 0. The first-order chi connectivity index (χ1) is 18.5. The first-order valence-electron chi connectivity index (χ1n) is 12.1. The molecule has 2 aromatic carbocycles. The van der Waals surface area contributed by atoms with Crippen LogP contribution in [0, 0.1) is 6.92 Å². The van der Waals surface area contributed by atoms with Crippen molar-refractivity contribution in [1.29, 1.82) is 0 Å². The maximum Gasteiger partial charge on any atom is 0.290 e. The molecule has 1 saturated carbocycles. The van der Waals surface area contributed by atoms with E-state index in [2.05, 4.69) is 36.8 Å². The second-order valence-electron chi connectivity index (χ2n) is 9.23. The van der Waals surface area contributed by atoms with Crippen molar-refractivity contribution < 1.29 is 23.4 Å². The SMILES string of the molecule is COc1cc(C(=O)NC2(C(=O)NCc3ccc(-n4c(-c5onnc5C)cc5ccccc54)cc3)CC2)on1. The summed E-state index contributed by atoms with van der Waals surface area (Å²) < 4.78 is 17.5. The molecule has 11 nitrogen and oxygen atoms in total. The van der Waals surface area contributed by atoms with Gasteiger partial charge in [-0.2, -0.15) is 0 Å². The van der Waals surface area contributed by atoms with E-state index in [9.17, 15) is 9.59 Å². The van der Waals surface area contributed by atoms with Gasteiger partial charge in [-0.15, -0.1) is 5.10 Å². The molecule has 1 aliphatic carbocycles. The Bertz CT molecular complexity index is 1640. The van der Waals surface area contributed by atoms with Crippen LogP contribution in [-0.2, 0) is 11.3 Å². The van der Waals surface area contributed by atoms with Crippen molar-refractivity contribution in [3.8, 4) is 23.0 Å². The molecular weight excluding hydrogens is 488 g/mol. The van der Waals surface area contributed by atoms with Crippen molar-refractivity contribution in [3.05, 3.63) is 77.7 Å². The number of nitrogens with zero attached hydrogens (tertiary/aromatic N) is 4. The second kappa shape index (κ2) is 9.18. The molecule has 2 N–H and O–H groups in total. The molecular formula is C27H24N6O5. The van der Waals surface area contributed by atoms with E-state index in [-0.39, 0.29) is 17.5 Å². The van der Waals surface area contributed by atoms with Gasteiger partial charge in [0.1, 0.15) is 11.2 Å². The van der Waals surface area contributed by atoms with E-state index in [0.29, 0.717) is 30.8 Å². The van der Waals surface area contributed by atoms with Crippen molar-refractivity contribution in [2.24, 2.45) is 0 Å². The molecule has 192 valence electrons. The summed E-state index contributed by atoms with van der Waals surface area (Å²) in [7, 11) is 1.43. The molecule has 38 heavy (non-hydrogen) atoms. The number of aromatic nitrogens is 4. The highest BCUT2D eigenvalue weighted by Gasteiger charge is 2.51. The van der Waals surface area contributed by atoms with Crippen LogP contribution in [0.15, 0.2) is 69.7 Å². The molecule has 3 aromatic heterocycles. The minimum absolute atomic E-state index is 0.00952. The molecule has 1 fully saturated rings. The van der Waals surface area contributed by atoms with Crippen LogP contribution in [0.3, 0.4) is 0 Å². The van der Waals surface area contributed by atoms with E-state index in [0.717, 1.165) is 27.8 Å². The van der Waals surface area contributed by atoms with E-state index in [1.807, 2.05) is 55.5 Å². The molecule has 0 atom stereocenters. The van der Waals surface area contributed by atoms with Gasteiger partial charge < -0.3 is 29.0 Å². The smallest absolute Gasteiger partial charge is 0.290 e. The van der Waals surface area contributed by atoms with Crippen molar-refractivity contribution in [2.45, 2.75) is 31.8 Å². The third kappa shape index (κ3) is 4.17. The molecule has 0 unspecified atom stereocenters.